The van der Waals surface area contributed by atoms with Crippen molar-refractivity contribution in [1.82, 2.24) is 10.6 Å². The summed E-state index contributed by atoms with van der Waals surface area (Å²) < 4.78 is 0. The highest BCUT2D eigenvalue weighted by Crippen LogP contribution is 2.27. The Hall–Kier alpha value is -1.84. The second-order valence-electron chi connectivity index (χ2n) is 8.90. The largest absolute Gasteiger partial charge is 0.349 e. The second-order valence-corrected chi connectivity index (χ2v) is 8.90. The zero-order valence-corrected chi connectivity index (χ0v) is 17.5. The van der Waals surface area contributed by atoms with Gasteiger partial charge in [0.25, 0.3) is 11.8 Å². The molecular formula is C24H36N2O2. The summed E-state index contributed by atoms with van der Waals surface area (Å²) >= 11 is 0. The summed E-state index contributed by atoms with van der Waals surface area (Å²) in [5, 5.41) is 6.30. The van der Waals surface area contributed by atoms with Crippen molar-refractivity contribution in [1.29, 1.82) is 0 Å². The van der Waals surface area contributed by atoms with Gasteiger partial charge in [-0.05, 0) is 75.6 Å². The Balaban J connectivity index is 1.51. The van der Waals surface area contributed by atoms with E-state index in [9.17, 15) is 9.59 Å². The molecule has 2 aliphatic carbocycles. The highest BCUT2D eigenvalue weighted by Gasteiger charge is 2.23. The number of amides is 2. The maximum absolute atomic E-state index is 12.6. The van der Waals surface area contributed by atoms with Crippen molar-refractivity contribution >= 4 is 11.8 Å². The molecule has 0 radical (unpaired) electrons. The molecule has 0 aromatic heterocycles. The standard InChI is InChI=1S/C24H36N2O2/c1-17(19-9-5-3-6-10-19)25-23(27)21-13-15-22(16-14-21)24(28)26-18(2)20-11-7-4-8-12-20/h13-20H,3-12H2,1-2H3,(H,25,27)(H,26,28)/t17-,18-/m0/s1. The van der Waals surface area contributed by atoms with Crippen molar-refractivity contribution in [2.75, 3.05) is 0 Å². The monoisotopic (exact) mass is 384 g/mol. The third-order valence-corrected chi connectivity index (χ3v) is 6.84. The van der Waals surface area contributed by atoms with Crippen LogP contribution in [0.3, 0.4) is 0 Å². The number of rotatable bonds is 6. The van der Waals surface area contributed by atoms with E-state index < -0.39 is 0 Å². The minimum atomic E-state index is -0.0411. The van der Waals surface area contributed by atoms with E-state index in [-0.39, 0.29) is 23.9 Å². The average Bonchev–Trinajstić information content (AvgIpc) is 2.75. The maximum atomic E-state index is 12.6. The fraction of sp³-hybridized carbons (Fsp3) is 0.667. The third kappa shape index (κ3) is 5.59. The average molecular weight is 385 g/mol. The normalized spacial score (nSPS) is 20.9. The summed E-state index contributed by atoms with van der Waals surface area (Å²) in [6.45, 7) is 4.23. The summed E-state index contributed by atoms with van der Waals surface area (Å²) in [4.78, 5) is 25.1. The van der Waals surface area contributed by atoms with Crippen molar-refractivity contribution in [2.45, 2.75) is 90.1 Å². The molecule has 0 spiro atoms. The quantitative estimate of drug-likeness (QED) is 0.718. The summed E-state index contributed by atoms with van der Waals surface area (Å²) in [7, 11) is 0. The summed E-state index contributed by atoms with van der Waals surface area (Å²) in [5.41, 5.74) is 1.25. The molecule has 28 heavy (non-hydrogen) atoms. The molecule has 0 bridgehead atoms. The molecule has 0 heterocycles. The van der Waals surface area contributed by atoms with Gasteiger partial charge in [-0.25, -0.2) is 0 Å². The maximum Gasteiger partial charge on any atom is 0.251 e. The van der Waals surface area contributed by atoms with Crippen LogP contribution in [0.25, 0.3) is 0 Å². The van der Waals surface area contributed by atoms with Crippen LogP contribution < -0.4 is 10.6 Å². The highest BCUT2D eigenvalue weighted by molar-refractivity contribution is 5.98. The molecule has 2 atom stereocenters. The van der Waals surface area contributed by atoms with Crippen LogP contribution >= 0.6 is 0 Å². The van der Waals surface area contributed by atoms with Gasteiger partial charge in [0, 0.05) is 23.2 Å². The van der Waals surface area contributed by atoms with Crippen LogP contribution in [0.5, 0.6) is 0 Å². The van der Waals surface area contributed by atoms with E-state index in [2.05, 4.69) is 24.5 Å². The van der Waals surface area contributed by atoms with Gasteiger partial charge in [-0.3, -0.25) is 9.59 Å². The molecule has 2 N–H and O–H groups in total. The van der Waals surface area contributed by atoms with Crippen LogP contribution in [0.15, 0.2) is 24.3 Å². The first-order valence-electron chi connectivity index (χ1n) is 11.3. The topological polar surface area (TPSA) is 58.2 Å². The molecule has 4 nitrogen and oxygen atoms in total. The number of carbonyl (C=O) groups excluding carboxylic acids is 2. The molecule has 3 rings (SSSR count). The van der Waals surface area contributed by atoms with Crippen molar-refractivity contribution in [3.05, 3.63) is 35.4 Å². The molecule has 1 aromatic rings. The van der Waals surface area contributed by atoms with Gasteiger partial charge in [0.05, 0.1) is 0 Å². The highest BCUT2D eigenvalue weighted by atomic mass is 16.2. The lowest BCUT2D eigenvalue weighted by atomic mass is 9.84. The molecule has 2 saturated carbocycles. The SMILES string of the molecule is C[C@H](NC(=O)c1ccc(C(=O)N[C@@H](C)C2CCCCC2)cc1)C1CCCCC1. The fourth-order valence-corrected chi connectivity index (χ4v) is 4.86. The van der Waals surface area contributed by atoms with Crippen LogP contribution in [0.2, 0.25) is 0 Å². The molecule has 4 heteroatoms. The Morgan fingerprint density at radius 3 is 1.32 bits per heavy atom. The van der Waals surface area contributed by atoms with Crippen LogP contribution in [0.1, 0.15) is 98.8 Å². The van der Waals surface area contributed by atoms with Crippen LogP contribution in [0, 0.1) is 11.8 Å². The number of carbonyl (C=O) groups is 2. The molecular weight excluding hydrogens is 348 g/mol. The van der Waals surface area contributed by atoms with Crippen molar-refractivity contribution in [3.8, 4) is 0 Å². The van der Waals surface area contributed by atoms with Gasteiger partial charge in [0.1, 0.15) is 0 Å². The van der Waals surface area contributed by atoms with Gasteiger partial charge in [0.2, 0.25) is 0 Å². The number of nitrogens with one attached hydrogen (secondary N) is 2. The van der Waals surface area contributed by atoms with Crippen LogP contribution in [-0.4, -0.2) is 23.9 Å². The van der Waals surface area contributed by atoms with Gasteiger partial charge in [-0.15, -0.1) is 0 Å². The van der Waals surface area contributed by atoms with E-state index in [1.54, 1.807) is 24.3 Å². The Morgan fingerprint density at radius 2 is 1.00 bits per heavy atom. The first-order chi connectivity index (χ1) is 13.5. The molecule has 2 amide bonds. The molecule has 154 valence electrons. The van der Waals surface area contributed by atoms with Gasteiger partial charge < -0.3 is 10.6 Å². The molecule has 2 aliphatic rings. The summed E-state index contributed by atoms with van der Waals surface area (Å²) in [6.07, 6.45) is 12.6. The van der Waals surface area contributed by atoms with E-state index in [0.717, 1.165) is 0 Å². The zero-order chi connectivity index (χ0) is 19.9. The molecule has 0 aliphatic heterocycles. The molecule has 1 aromatic carbocycles. The van der Waals surface area contributed by atoms with E-state index in [0.29, 0.717) is 23.0 Å². The van der Waals surface area contributed by atoms with Crippen LogP contribution in [-0.2, 0) is 0 Å². The van der Waals surface area contributed by atoms with E-state index in [1.165, 1.54) is 64.2 Å². The lowest BCUT2D eigenvalue weighted by Gasteiger charge is -2.28. The molecule has 2 fully saturated rings. The minimum absolute atomic E-state index is 0.0411. The van der Waals surface area contributed by atoms with E-state index in [1.807, 2.05) is 0 Å². The number of hydrogen-bond acceptors (Lipinski definition) is 2. The number of benzene rings is 1. The van der Waals surface area contributed by atoms with Gasteiger partial charge in [0.15, 0.2) is 0 Å². The van der Waals surface area contributed by atoms with Crippen molar-refractivity contribution < 1.29 is 9.59 Å². The lowest BCUT2D eigenvalue weighted by molar-refractivity contribution is 0.0907. The zero-order valence-electron chi connectivity index (χ0n) is 17.5. The summed E-state index contributed by atoms with van der Waals surface area (Å²) in [6, 6.07) is 7.47. The minimum Gasteiger partial charge on any atom is -0.349 e. The Morgan fingerprint density at radius 1 is 0.679 bits per heavy atom. The predicted molar refractivity (Wildman–Crippen MR) is 113 cm³/mol. The first kappa shape index (κ1) is 20.9. The fourth-order valence-electron chi connectivity index (χ4n) is 4.86. The van der Waals surface area contributed by atoms with Gasteiger partial charge in [-0.1, -0.05) is 38.5 Å². The lowest BCUT2D eigenvalue weighted by Crippen LogP contribution is -2.39. The second kappa shape index (κ2) is 10.1. The van der Waals surface area contributed by atoms with Crippen LogP contribution in [0.4, 0.5) is 0 Å². The molecule has 0 unspecified atom stereocenters. The summed E-state index contributed by atoms with van der Waals surface area (Å²) in [5.74, 6) is 1.09. The van der Waals surface area contributed by atoms with Gasteiger partial charge >= 0.3 is 0 Å². The Labute approximate surface area is 169 Å². The predicted octanol–water partition coefficient (Wildman–Crippen LogP) is 5.08. The van der Waals surface area contributed by atoms with E-state index in [4.69, 9.17) is 0 Å². The third-order valence-electron chi connectivity index (χ3n) is 6.84. The van der Waals surface area contributed by atoms with Gasteiger partial charge in [-0.2, -0.15) is 0 Å². The molecule has 0 saturated heterocycles. The Bertz CT molecular complexity index is 586. The van der Waals surface area contributed by atoms with Crippen molar-refractivity contribution in [3.63, 3.8) is 0 Å². The van der Waals surface area contributed by atoms with E-state index >= 15 is 0 Å². The Kier molecular flexibility index (Phi) is 7.52. The van der Waals surface area contributed by atoms with Crippen molar-refractivity contribution in [2.24, 2.45) is 11.8 Å². The number of hydrogen-bond donors (Lipinski definition) is 2. The smallest absolute Gasteiger partial charge is 0.251 e. The first-order valence-corrected chi connectivity index (χ1v) is 11.3.